The molecule has 0 N–H and O–H groups in total. The standard InChI is InChI=1S/C11H13BO/c12-11-6-2-4-8-3-1-5-9(13)7-10(8)11/h2,4,6H,1,3,5,7,12H2. The van der Waals surface area contributed by atoms with Crippen molar-refractivity contribution in [3.8, 4) is 0 Å². The highest BCUT2D eigenvalue weighted by atomic mass is 16.1. The van der Waals surface area contributed by atoms with Gasteiger partial charge >= 0.3 is 0 Å². The summed E-state index contributed by atoms with van der Waals surface area (Å²) in [6.07, 6.45) is 3.51. The normalized spacial score (nSPS) is 16.5. The van der Waals surface area contributed by atoms with Gasteiger partial charge in [-0.1, -0.05) is 23.7 Å². The van der Waals surface area contributed by atoms with Crippen LogP contribution in [0.2, 0.25) is 0 Å². The van der Waals surface area contributed by atoms with E-state index < -0.39 is 0 Å². The number of Topliss-reactive ketones (excluding diaryl/α,β-unsaturated/α-hetero) is 1. The molecular weight excluding hydrogens is 159 g/mol. The molecule has 0 amide bonds. The quantitative estimate of drug-likeness (QED) is 0.408. The number of carbonyl (C=O) groups is 1. The Hall–Kier alpha value is -1.05. The summed E-state index contributed by atoms with van der Waals surface area (Å²) in [5.74, 6) is 0.396. The van der Waals surface area contributed by atoms with E-state index in [4.69, 9.17) is 0 Å². The Balaban J connectivity index is 2.46. The molecule has 0 spiro atoms. The van der Waals surface area contributed by atoms with Crippen molar-refractivity contribution in [2.75, 3.05) is 0 Å². The molecule has 2 rings (SSSR count). The van der Waals surface area contributed by atoms with Gasteiger partial charge in [-0.3, -0.25) is 4.79 Å². The molecule has 0 aromatic heterocycles. The molecule has 0 atom stereocenters. The average Bonchev–Trinajstić information content (AvgIpc) is 2.28. The van der Waals surface area contributed by atoms with Gasteiger partial charge in [-0.2, -0.15) is 0 Å². The smallest absolute Gasteiger partial charge is 0.139 e. The highest BCUT2D eigenvalue weighted by Gasteiger charge is 2.14. The van der Waals surface area contributed by atoms with Gasteiger partial charge in [-0.25, -0.2) is 0 Å². The lowest BCUT2D eigenvalue weighted by atomic mass is 9.85. The Morgan fingerprint density at radius 3 is 2.92 bits per heavy atom. The summed E-state index contributed by atoms with van der Waals surface area (Å²) in [5, 5.41) is 0. The van der Waals surface area contributed by atoms with Gasteiger partial charge in [0.15, 0.2) is 0 Å². The molecule has 1 nitrogen and oxygen atoms in total. The number of aryl methyl sites for hydroxylation is 1. The van der Waals surface area contributed by atoms with Crippen LogP contribution in [0.1, 0.15) is 24.0 Å². The van der Waals surface area contributed by atoms with Crippen LogP contribution in [0.5, 0.6) is 0 Å². The van der Waals surface area contributed by atoms with Crippen molar-refractivity contribution >= 4 is 19.1 Å². The van der Waals surface area contributed by atoms with E-state index in [9.17, 15) is 4.79 Å². The van der Waals surface area contributed by atoms with Crippen LogP contribution in [0.25, 0.3) is 0 Å². The lowest BCUT2D eigenvalue weighted by Crippen LogP contribution is -2.14. The van der Waals surface area contributed by atoms with Gasteiger partial charge < -0.3 is 0 Å². The molecule has 1 aromatic rings. The highest BCUT2D eigenvalue weighted by molar-refractivity contribution is 6.33. The van der Waals surface area contributed by atoms with E-state index in [1.165, 1.54) is 16.6 Å². The maximum Gasteiger partial charge on any atom is 0.139 e. The van der Waals surface area contributed by atoms with Crippen LogP contribution in [-0.4, -0.2) is 13.6 Å². The predicted molar refractivity (Wildman–Crippen MR) is 56.3 cm³/mol. The minimum absolute atomic E-state index is 0.396. The molecule has 0 fully saturated rings. The lowest BCUT2D eigenvalue weighted by molar-refractivity contribution is -0.118. The molecule has 2 heteroatoms. The van der Waals surface area contributed by atoms with Crippen molar-refractivity contribution < 1.29 is 4.79 Å². The van der Waals surface area contributed by atoms with Crippen LogP contribution in [0.15, 0.2) is 18.2 Å². The summed E-state index contributed by atoms with van der Waals surface area (Å²) in [7, 11) is 2.09. The zero-order valence-electron chi connectivity index (χ0n) is 7.97. The Kier molecular flexibility index (Phi) is 2.21. The number of ketones is 1. The van der Waals surface area contributed by atoms with Crippen LogP contribution in [-0.2, 0) is 17.6 Å². The first-order valence-corrected chi connectivity index (χ1v) is 4.86. The molecule has 0 aliphatic heterocycles. The highest BCUT2D eigenvalue weighted by Crippen LogP contribution is 2.16. The largest absolute Gasteiger partial charge is 0.299 e. The van der Waals surface area contributed by atoms with E-state index in [-0.39, 0.29) is 0 Å². The molecular formula is C11H13BO. The topological polar surface area (TPSA) is 17.1 Å². The van der Waals surface area contributed by atoms with Crippen LogP contribution in [0.3, 0.4) is 0 Å². The third kappa shape index (κ3) is 1.67. The number of fused-ring (bicyclic) bond motifs is 1. The second kappa shape index (κ2) is 3.37. The van der Waals surface area contributed by atoms with Crippen LogP contribution in [0.4, 0.5) is 0 Å². The first-order chi connectivity index (χ1) is 6.27. The summed E-state index contributed by atoms with van der Waals surface area (Å²) in [6, 6.07) is 6.34. The van der Waals surface area contributed by atoms with E-state index in [2.05, 4.69) is 26.0 Å². The number of benzene rings is 1. The summed E-state index contributed by atoms with van der Waals surface area (Å²) >= 11 is 0. The number of hydrogen-bond donors (Lipinski definition) is 0. The number of carbonyl (C=O) groups excluding carboxylic acids is 1. The van der Waals surface area contributed by atoms with Crippen LogP contribution in [0, 0.1) is 0 Å². The first kappa shape index (κ1) is 8.55. The van der Waals surface area contributed by atoms with Gasteiger partial charge in [0.05, 0.1) is 0 Å². The molecule has 13 heavy (non-hydrogen) atoms. The third-order valence-electron chi connectivity index (χ3n) is 2.78. The fourth-order valence-corrected chi connectivity index (χ4v) is 2.01. The Labute approximate surface area is 79.6 Å². The minimum atomic E-state index is 0.396. The van der Waals surface area contributed by atoms with Crippen molar-refractivity contribution in [2.24, 2.45) is 0 Å². The zero-order chi connectivity index (χ0) is 9.26. The number of hydrogen-bond acceptors (Lipinski definition) is 1. The van der Waals surface area contributed by atoms with Crippen molar-refractivity contribution in [3.63, 3.8) is 0 Å². The Morgan fingerprint density at radius 2 is 2.08 bits per heavy atom. The SMILES string of the molecule is Bc1cccc2c1CC(=O)CCC2. The lowest BCUT2D eigenvalue weighted by Gasteiger charge is -2.07. The monoisotopic (exact) mass is 172 g/mol. The predicted octanol–water partition coefficient (Wildman–Crippen LogP) is 0.393. The molecule has 0 unspecified atom stereocenters. The zero-order valence-corrected chi connectivity index (χ0v) is 7.97. The van der Waals surface area contributed by atoms with Crippen molar-refractivity contribution in [1.82, 2.24) is 0 Å². The molecule has 66 valence electrons. The van der Waals surface area contributed by atoms with E-state index in [1.807, 2.05) is 0 Å². The number of rotatable bonds is 0. The van der Waals surface area contributed by atoms with Crippen LogP contribution >= 0.6 is 0 Å². The van der Waals surface area contributed by atoms with E-state index in [0.29, 0.717) is 12.2 Å². The second-order valence-corrected chi connectivity index (χ2v) is 3.78. The van der Waals surface area contributed by atoms with E-state index in [0.717, 1.165) is 19.3 Å². The molecule has 0 bridgehead atoms. The van der Waals surface area contributed by atoms with Gasteiger partial charge in [-0.15, -0.1) is 0 Å². The third-order valence-corrected chi connectivity index (χ3v) is 2.78. The van der Waals surface area contributed by atoms with Crippen molar-refractivity contribution in [2.45, 2.75) is 25.7 Å². The van der Waals surface area contributed by atoms with Gasteiger partial charge in [-0.05, 0) is 24.0 Å². The van der Waals surface area contributed by atoms with Crippen molar-refractivity contribution in [1.29, 1.82) is 0 Å². The average molecular weight is 172 g/mol. The summed E-state index contributed by atoms with van der Waals surface area (Å²) in [4.78, 5) is 11.4. The van der Waals surface area contributed by atoms with Gasteiger partial charge in [0.2, 0.25) is 0 Å². The Morgan fingerprint density at radius 1 is 1.23 bits per heavy atom. The van der Waals surface area contributed by atoms with Crippen LogP contribution < -0.4 is 5.46 Å². The fourth-order valence-electron chi connectivity index (χ4n) is 2.01. The van der Waals surface area contributed by atoms with Crippen molar-refractivity contribution in [3.05, 3.63) is 29.3 Å². The molecule has 0 radical (unpaired) electrons. The second-order valence-electron chi connectivity index (χ2n) is 3.78. The van der Waals surface area contributed by atoms with E-state index >= 15 is 0 Å². The maximum atomic E-state index is 11.4. The molecule has 0 saturated carbocycles. The van der Waals surface area contributed by atoms with Gasteiger partial charge in [0.1, 0.15) is 13.6 Å². The van der Waals surface area contributed by atoms with E-state index in [1.54, 1.807) is 0 Å². The first-order valence-electron chi connectivity index (χ1n) is 4.86. The molecule has 0 saturated heterocycles. The maximum absolute atomic E-state index is 11.4. The molecule has 1 aliphatic rings. The molecule has 0 heterocycles. The van der Waals surface area contributed by atoms with Gasteiger partial charge in [0, 0.05) is 12.8 Å². The Bertz CT molecular complexity index is 344. The summed E-state index contributed by atoms with van der Waals surface area (Å²) in [5.41, 5.74) is 3.93. The fraction of sp³-hybridized carbons (Fsp3) is 0.364. The molecule has 1 aromatic carbocycles. The summed E-state index contributed by atoms with van der Waals surface area (Å²) < 4.78 is 0. The summed E-state index contributed by atoms with van der Waals surface area (Å²) in [6.45, 7) is 0. The molecule has 1 aliphatic carbocycles. The van der Waals surface area contributed by atoms with Gasteiger partial charge in [0.25, 0.3) is 0 Å². The minimum Gasteiger partial charge on any atom is -0.299 e.